The van der Waals surface area contributed by atoms with Crippen molar-refractivity contribution in [3.05, 3.63) is 45.4 Å². The Labute approximate surface area is 150 Å². The Morgan fingerprint density at radius 2 is 2.21 bits per heavy atom. The molecule has 1 aromatic carbocycles. The molecule has 0 atom stereocenters. The topological polar surface area (TPSA) is 60.2 Å². The second-order valence-electron chi connectivity index (χ2n) is 6.32. The van der Waals surface area contributed by atoms with E-state index in [1.807, 2.05) is 34.5 Å². The van der Waals surface area contributed by atoms with Crippen LogP contribution >= 0.6 is 22.9 Å². The molecule has 1 aliphatic rings. The van der Waals surface area contributed by atoms with Crippen molar-refractivity contribution in [2.75, 3.05) is 13.1 Å². The molecule has 0 fully saturated rings. The van der Waals surface area contributed by atoms with E-state index >= 15 is 0 Å². The maximum absolute atomic E-state index is 10.3. The minimum atomic E-state index is 0.232. The monoisotopic (exact) mass is 361 g/mol. The molecule has 0 spiro atoms. The third-order valence-electron chi connectivity index (χ3n) is 4.00. The number of rotatable bonds is 5. The van der Waals surface area contributed by atoms with Crippen molar-refractivity contribution in [2.24, 2.45) is 5.92 Å². The summed E-state index contributed by atoms with van der Waals surface area (Å²) in [5.74, 6) is 1.16. The number of hydrogen-bond acceptors (Lipinski definition) is 4. The lowest BCUT2D eigenvalue weighted by Crippen LogP contribution is -2.28. The number of hydrogen-bond donors (Lipinski definition) is 2. The minimum absolute atomic E-state index is 0.232. The average molecular weight is 362 g/mol. The maximum atomic E-state index is 10.3. The summed E-state index contributed by atoms with van der Waals surface area (Å²) < 4.78 is 0. The highest BCUT2D eigenvalue weighted by Gasteiger charge is 2.30. The molecule has 0 bridgehead atoms. The van der Waals surface area contributed by atoms with E-state index in [1.165, 1.54) is 11.3 Å². The Balaban J connectivity index is 1.82. The first kappa shape index (κ1) is 17.0. The Morgan fingerprint density at radius 1 is 1.42 bits per heavy atom. The molecule has 4 nitrogen and oxygen atoms in total. The summed E-state index contributed by atoms with van der Waals surface area (Å²) in [6.45, 7) is 5.49. The van der Waals surface area contributed by atoms with E-state index < -0.39 is 0 Å². The van der Waals surface area contributed by atoms with Gasteiger partial charge in [-0.1, -0.05) is 37.6 Å². The highest BCUT2D eigenvalue weighted by molar-refractivity contribution is 7.11. The van der Waals surface area contributed by atoms with E-state index in [2.05, 4.69) is 18.8 Å². The van der Waals surface area contributed by atoms with Gasteiger partial charge in [-0.3, -0.25) is 5.41 Å². The zero-order valence-electron chi connectivity index (χ0n) is 13.7. The van der Waals surface area contributed by atoms with Gasteiger partial charge in [0.05, 0.1) is 17.8 Å². The smallest absolute Gasteiger partial charge is 0.135 e. The molecule has 1 aliphatic heterocycles. The number of nitrogens with zero attached hydrogens (tertiary/aromatic N) is 2. The maximum Gasteiger partial charge on any atom is 0.135 e. The van der Waals surface area contributed by atoms with Gasteiger partial charge >= 0.3 is 0 Å². The van der Waals surface area contributed by atoms with Gasteiger partial charge in [-0.15, -0.1) is 11.3 Å². The van der Waals surface area contributed by atoms with Crippen LogP contribution < -0.4 is 0 Å². The zero-order chi connectivity index (χ0) is 17.3. The molecular formula is C18H20ClN3OS. The number of halogens is 1. The molecule has 6 heteroatoms. The molecule has 3 rings (SSSR count). The van der Waals surface area contributed by atoms with Gasteiger partial charge in [-0.25, -0.2) is 4.98 Å². The van der Waals surface area contributed by atoms with Crippen molar-refractivity contribution in [3.8, 4) is 11.3 Å². The summed E-state index contributed by atoms with van der Waals surface area (Å²) in [6.07, 6.45) is 0.995. The lowest BCUT2D eigenvalue weighted by Gasteiger charge is -2.19. The first-order valence-electron chi connectivity index (χ1n) is 7.93. The van der Waals surface area contributed by atoms with Crippen LogP contribution in [0.3, 0.4) is 0 Å². The van der Waals surface area contributed by atoms with E-state index in [0.717, 1.165) is 24.2 Å². The van der Waals surface area contributed by atoms with Crippen molar-refractivity contribution in [2.45, 2.75) is 20.3 Å². The highest BCUT2D eigenvalue weighted by Crippen LogP contribution is 2.32. The third kappa shape index (κ3) is 3.47. The van der Waals surface area contributed by atoms with Gasteiger partial charge in [0.1, 0.15) is 16.6 Å². The highest BCUT2D eigenvalue weighted by atomic mass is 35.5. The van der Waals surface area contributed by atoms with Gasteiger partial charge in [0.2, 0.25) is 0 Å². The lowest BCUT2D eigenvalue weighted by atomic mass is 10.1. The van der Waals surface area contributed by atoms with E-state index in [-0.39, 0.29) is 5.76 Å². The summed E-state index contributed by atoms with van der Waals surface area (Å²) >= 11 is 7.48. The fourth-order valence-electron chi connectivity index (χ4n) is 2.63. The standard InChI is InChI=1S/C18H20ClN3OS/c1-11(2)6-7-22-9-15(23)16(17(22)20)18-21-14(10-24-18)12-4-3-5-13(19)8-12/h3-5,8,10-11,20,23H,6-7,9H2,1-2H3. The Kier molecular flexibility index (Phi) is 4.92. The molecule has 126 valence electrons. The summed E-state index contributed by atoms with van der Waals surface area (Å²) in [4.78, 5) is 6.52. The number of benzene rings is 1. The molecule has 2 heterocycles. The van der Waals surface area contributed by atoms with Crippen molar-refractivity contribution in [1.82, 2.24) is 9.88 Å². The number of aromatic nitrogens is 1. The van der Waals surface area contributed by atoms with Crippen LogP contribution in [0.4, 0.5) is 0 Å². The molecule has 0 saturated heterocycles. The predicted molar refractivity (Wildman–Crippen MR) is 101 cm³/mol. The van der Waals surface area contributed by atoms with Crippen LogP contribution in [0.2, 0.25) is 5.02 Å². The number of nitrogens with one attached hydrogen (secondary N) is 1. The third-order valence-corrected chi connectivity index (χ3v) is 5.09. The van der Waals surface area contributed by atoms with E-state index in [4.69, 9.17) is 17.0 Å². The number of aliphatic hydroxyl groups is 1. The lowest BCUT2D eigenvalue weighted by molar-refractivity contribution is 0.337. The second-order valence-corrected chi connectivity index (χ2v) is 7.62. The second kappa shape index (κ2) is 6.95. The zero-order valence-corrected chi connectivity index (χ0v) is 15.3. The summed E-state index contributed by atoms with van der Waals surface area (Å²) in [7, 11) is 0. The van der Waals surface area contributed by atoms with Crippen LogP contribution in [0.5, 0.6) is 0 Å². The Morgan fingerprint density at radius 3 is 2.92 bits per heavy atom. The molecular weight excluding hydrogens is 342 g/mol. The van der Waals surface area contributed by atoms with Gasteiger partial charge < -0.3 is 10.0 Å². The van der Waals surface area contributed by atoms with Gasteiger partial charge in [-0.2, -0.15) is 0 Å². The minimum Gasteiger partial charge on any atom is -0.510 e. The fraction of sp³-hybridized carbons (Fsp3) is 0.333. The van der Waals surface area contributed by atoms with Crippen LogP contribution in [0.15, 0.2) is 35.4 Å². The fourth-order valence-corrected chi connectivity index (χ4v) is 3.72. The van der Waals surface area contributed by atoms with Crippen LogP contribution in [0.1, 0.15) is 25.3 Å². The number of amidine groups is 1. The van der Waals surface area contributed by atoms with Gasteiger partial charge in [0.15, 0.2) is 0 Å². The van der Waals surface area contributed by atoms with Crippen LogP contribution in [0, 0.1) is 11.3 Å². The SMILES string of the molecule is CC(C)CCN1CC(O)=C(c2nc(-c3cccc(Cl)c3)cs2)C1=N. The summed E-state index contributed by atoms with van der Waals surface area (Å²) in [5, 5.41) is 22.0. The van der Waals surface area contributed by atoms with E-state index in [1.54, 1.807) is 0 Å². The first-order chi connectivity index (χ1) is 11.5. The molecule has 2 aromatic rings. The normalized spacial score (nSPS) is 15.0. The number of thiazole rings is 1. The molecule has 2 N–H and O–H groups in total. The van der Waals surface area contributed by atoms with Gasteiger partial charge in [0.25, 0.3) is 0 Å². The van der Waals surface area contributed by atoms with Crippen molar-refractivity contribution < 1.29 is 5.11 Å². The van der Waals surface area contributed by atoms with Gasteiger partial charge in [-0.05, 0) is 24.5 Å². The summed E-state index contributed by atoms with van der Waals surface area (Å²) in [5.41, 5.74) is 2.30. The number of aliphatic hydroxyl groups excluding tert-OH is 1. The van der Waals surface area contributed by atoms with E-state index in [9.17, 15) is 5.11 Å². The molecule has 0 saturated carbocycles. The van der Waals surface area contributed by atoms with Crippen molar-refractivity contribution in [3.63, 3.8) is 0 Å². The average Bonchev–Trinajstić information content (AvgIpc) is 3.10. The van der Waals surface area contributed by atoms with Crippen LogP contribution in [-0.2, 0) is 0 Å². The van der Waals surface area contributed by atoms with Crippen molar-refractivity contribution >= 4 is 34.3 Å². The van der Waals surface area contributed by atoms with E-state index in [0.29, 0.717) is 33.9 Å². The Bertz CT molecular complexity index is 797. The van der Waals surface area contributed by atoms with Crippen LogP contribution in [0.25, 0.3) is 16.8 Å². The van der Waals surface area contributed by atoms with Crippen molar-refractivity contribution in [1.29, 1.82) is 5.41 Å². The molecule has 1 aromatic heterocycles. The molecule has 24 heavy (non-hydrogen) atoms. The summed E-state index contributed by atoms with van der Waals surface area (Å²) in [6, 6.07) is 7.53. The van der Waals surface area contributed by atoms with Gasteiger partial charge in [0, 0.05) is 22.5 Å². The molecule has 0 radical (unpaired) electrons. The molecule has 0 aliphatic carbocycles. The molecule has 0 amide bonds. The quantitative estimate of drug-likeness (QED) is 0.781. The first-order valence-corrected chi connectivity index (χ1v) is 9.19. The molecule has 0 unspecified atom stereocenters. The van der Waals surface area contributed by atoms with Crippen LogP contribution in [-0.4, -0.2) is 33.9 Å². The Hall–Kier alpha value is -1.85. The largest absolute Gasteiger partial charge is 0.510 e. The predicted octanol–water partition coefficient (Wildman–Crippen LogP) is 5.07.